The van der Waals surface area contributed by atoms with Gasteiger partial charge in [0.2, 0.25) is 0 Å². The molecule has 1 N–H and O–H groups in total. The van der Waals surface area contributed by atoms with E-state index in [2.05, 4.69) is 36.1 Å². The molecule has 0 fully saturated rings. The summed E-state index contributed by atoms with van der Waals surface area (Å²) in [6.45, 7) is 0. The zero-order valence-electron chi connectivity index (χ0n) is 10.7. The van der Waals surface area contributed by atoms with E-state index in [1.54, 1.807) is 31.9 Å². The van der Waals surface area contributed by atoms with E-state index >= 15 is 0 Å². The lowest BCUT2D eigenvalue weighted by Gasteiger charge is -2.08. The first-order chi connectivity index (χ1) is 9.78. The van der Waals surface area contributed by atoms with Crippen molar-refractivity contribution in [2.45, 2.75) is 0 Å². The summed E-state index contributed by atoms with van der Waals surface area (Å²) in [6, 6.07) is 5.78. The molecule has 100 valence electrons. The van der Waals surface area contributed by atoms with E-state index in [0.29, 0.717) is 5.75 Å². The Kier molecular flexibility index (Phi) is 3.47. The van der Waals surface area contributed by atoms with Gasteiger partial charge in [0.25, 0.3) is 0 Å². The van der Waals surface area contributed by atoms with Crippen molar-refractivity contribution in [2.24, 2.45) is 0 Å². The second kappa shape index (κ2) is 5.42. The second-order valence-corrected chi connectivity index (χ2v) is 5.04. The third kappa shape index (κ3) is 2.42. The van der Waals surface area contributed by atoms with Gasteiger partial charge in [0.05, 0.1) is 19.0 Å². The summed E-state index contributed by atoms with van der Waals surface area (Å²) >= 11 is 3.41. The highest BCUT2D eigenvalue weighted by molar-refractivity contribution is 9.10. The molecular weight excluding hydrogens is 320 g/mol. The van der Waals surface area contributed by atoms with E-state index in [4.69, 9.17) is 4.74 Å². The highest BCUT2D eigenvalue weighted by Crippen LogP contribution is 2.30. The van der Waals surface area contributed by atoms with Crippen LogP contribution in [-0.4, -0.2) is 27.3 Å². The van der Waals surface area contributed by atoms with E-state index in [9.17, 15) is 0 Å². The van der Waals surface area contributed by atoms with E-state index < -0.39 is 0 Å². The van der Waals surface area contributed by atoms with Crippen molar-refractivity contribution in [1.82, 2.24) is 20.2 Å². The lowest BCUT2D eigenvalue weighted by Crippen LogP contribution is -1.93. The Labute approximate surface area is 124 Å². The molecule has 3 aromatic heterocycles. The van der Waals surface area contributed by atoms with Crippen LogP contribution < -0.4 is 4.74 Å². The Hall–Kier alpha value is -2.21. The van der Waals surface area contributed by atoms with Gasteiger partial charge in [-0.1, -0.05) is 0 Å². The summed E-state index contributed by atoms with van der Waals surface area (Å²) in [5.74, 6) is 0.707. The number of aromatic amines is 1. The fourth-order valence-corrected chi connectivity index (χ4v) is 2.28. The average molecular weight is 331 g/mol. The second-order valence-electron chi connectivity index (χ2n) is 4.13. The maximum atomic E-state index is 5.35. The van der Waals surface area contributed by atoms with E-state index in [1.165, 1.54) is 0 Å². The van der Waals surface area contributed by atoms with E-state index in [0.717, 1.165) is 27.0 Å². The third-order valence-electron chi connectivity index (χ3n) is 2.85. The minimum atomic E-state index is 0.707. The van der Waals surface area contributed by atoms with E-state index in [-0.39, 0.29) is 0 Å². The molecule has 3 aromatic rings. The summed E-state index contributed by atoms with van der Waals surface area (Å²) in [6.07, 6.45) is 7.02. The van der Waals surface area contributed by atoms with Gasteiger partial charge in [0.15, 0.2) is 0 Å². The van der Waals surface area contributed by atoms with Crippen LogP contribution in [0.1, 0.15) is 0 Å². The monoisotopic (exact) mass is 330 g/mol. The van der Waals surface area contributed by atoms with Gasteiger partial charge in [0.1, 0.15) is 11.4 Å². The van der Waals surface area contributed by atoms with Crippen molar-refractivity contribution in [1.29, 1.82) is 0 Å². The third-order valence-corrected chi connectivity index (χ3v) is 3.28. The summed E-state index contributed by atoms with van der Waals surface area (Å²) < 4.78 is 6.27. The largest absolute Gasteiger partial charge is 0.494 e. The van der Waals surface area contributed by atoms with Crippen molar-refractivity contribution < 1.29 is 4.74 Å². The number of halogens is 1. The summed E-state index contributed by atoms with van der Waals surface area (Å²) in [5, 5.41) is 6.73. The molecule has 0 aliphatic heterocycles. The van der Waals surface area contributed by atoms with Gasteiger partial charge in [-0.3, -0.25) is 10.1 Å². The molecular formula is C14H11BrN4O. The van der Waals surface area contributed by atoms with Gasteiger partial charge in [-0.15, -0.1) is 0 Å². The number of nitrogens with zero attached hydrogens (tertiary/aromatic N) is 3. The molecule has 6 heteroatoms. The lowest BCUT2D eigenvalue weighted by molar-refractivity contribution is 0.415. The number of pyridine rings is 2. The average Bonchev–Trinajstić information content (AvgIpc) is 3.00. The van der Waals surface area contributed by atoms with Crippen molar-refractivity contribution in [3.8, 4) is 28.3 Å². The molecule has 0 saturated carbocycles. The van der Waals surface area contributed by atoms with Gasteiger partial charge < -0.3 is 4.74 Å². The Morgan fingerprint density at radius 1 is 1.15 bits per heavy atom. The van der Waals surface area contributed by atoms with Gasteiger partial charge in [-0.2, -0.15) is 5.10 Å². The van der Waals surface area contributed by atoms with Crippen LogP contribution >= 0.6 is 15.9 Å². The van der Waals surface area contributed by atoms with Crippen molar-refractivity contribution >= 4 is 15.9 Å². The molecule has 3 rings (SSSR count). The Morgan fingerprint density at radius 3 is 2.75 bits per heavy atom. The number of H-pyrrole nitrogens is 1. The minimum absolute atomic E-state index is 0.707. The fourth-order valence-electron chi connectivity index (χ4n) is 1.91. The number of hydrogen-bond donors (Lipinski definition) is 1. The van der Waals surface area contributed by atoms with Crippen LogP contribution in [0.3, 0.4) is 0 Å². The molecule has 0 aliphatic rings. The Bertz CT molecular complexity index is 728. The van der Waals surface area contributed by atoms with Gasteiger partial charge in [-0.25, -0.2) is 4.98 Å². The molecule has 0 unspecified atom stereocenters. The normalized spacial score (nSPS) is 10.5. The molecule has 0 spiro atoms. The van der Waals surface area contributed by atoms with E-state index in [1.807, 2.05) is 18.2 Å². The van der Waals surface area contributed by atoms with Crippen molar-refractivity contribution in [3.63, 3.8) is 0 Å². The van der Waals surface area contributed by atoms with Gasteiger partial charge >= 0.3 is 0 Å². The summed E-state index contributed by atoms with van der Waals surface area (Å²) in [5.41, 5.74) is 3.40. The summed E-state index contributed by atoms with van der Waals surface area (Å²) in [7, 11) is 1.63. The lowest BCUT2D eigenvalue weighted by atomic mass is 10.1. The van der Waals surface area contributed by atoms with Crippen LogP contribution in [0.15, 0.2) is 47.5 Å². The predicted molar refractivity (Wildman–Crippen MR) is 79.3 cm³/mol. The van der Waals surface area contributed by atoms with Gasteiger partial charge in [0, 0.05) is 34.2 Å². The quantitative estimate of drug-likeness (QED) is 0.800. The topological polar surface area (TPSA) is 63.7 Å². The fraction of sp³-hybridized carbons (Fsp3) is 0.0714. The molecule has 0 radical (unpaired) electrons. The maximum absolute atomic E-state index is 5.35. The molecule has 0 bridgehead atoms. The molecule has 20 heavy (non-hydrogen) atoms. The summed E-state index contributed by atoms with van der Waals surface area (Å²) in [4.78, 5) is 8.81. The first-order valence-electron chi connectivity index (χ1n) is 5.93. The van der Waals surface area contributed by atoms with Crippen LogP contribution in [0.25, 0.3) is 22.5 Å². The zero-order valence-corrected chi connectivity index (χ0v) is 12.3. The predicted octanol–water partition coefficient (Wildman–Crippen LogP) is 3.30. The molecule has 5 nitrogen and oxygen atoms in total. The number of rotatable bonds is 3. The highest BCUT2D eigenvalue weighted by atomic mass is 79.9. The molecule has 0 atom stereocenters. The minimum Gasteiger partial charge on any atom is -0.494 e. The Morgan fingerprint density at radius 2 is 2.05 bits per heavy atom. The first-order valence-corrected chi connectivity index (χ1v) is 6.72. The van der Waals surface area contributed by atoms with Gasteiger partial charge in [-0.05, 0) is 34.1 Å². The van der Waals surface area contributed by atoms with Crippen LogP contribution in [0.5, 0.6) is 5.75 Å². The molecule has 0 aliphatic carbocycles. The SMILES string of the molecule is COc1ccc(-c2cncc(Br)c2)nc1-c1cn[nH]c1. The molecule has 0 aromatic carbocycles. The maximum Gasteiger partial charge on any atom is 0.145 e. The number of hydrogen-bond acceptors (Lipinski definition) is 4. The van der Waals surface area contributed by atoms with Crippen LogP contribution in [0, 0.1) is 0 Å². The first kappa shape index (κ1) is 12.8. The van der Waals surface area contributed by atoms with Crippen LogP contribution in [-0.2, 0) is 0 Å². The number of aromatic nitrogens is 4. The number of methoxy groups -OCH3 is 1. The zero-order chi connectivity index (χ0) is 13.9. The molecule has 0 saturated heterocycles. The number of nitrogens with one attached hydrogen (secondary N) is 1. The molecule has 0 amide bonds. The Balaban J connectivity index is 2.13. The smallest absolute Gasteiger partial charge is 0.145 e. The number of ether oxygens (including phenoxy) is 1. The van der Waals surface area contributed by atoms with Crippen molar-refractivity contribution in [2.75, 3.05) is 7.11 Å². The highest BCUT2D eigenvalue weighted by Gasteiger charge is 2.11. The van der Waals surface area contributed by atoms with Crippen molar-refractivity contribution in [3.05, 3.63) is 47.5 Å². The van der Waals surface area contributed by atoms with Crippen LogP contribution in [0.2, 0.25) is 0 Å². The van der Waals surface area contributed by atoms with Crippen LogP contribution in [0.4, 0.5) is 0 Å². The standard InChI is InChI=1S/C14H11BrN4O/c1-20-13-3-2-12(9-4-11(15)8-16-5-9)19-14(13)10-6-17-18-7-10/h2-8H,1H3,(H,17,18). The molecule has 3 heterocycles.